The van der Waals surface area contributed by atoms with E-state index in [1.807, 2.05) is 6.92 Å². The molecule has 0 atom stereocenters. The van der Waals surface area contributed by atoms with Gasteiger partial charge in [-0.25, -0.2) is 9.38 Å². The number of benzene rings is 1. The van der Waals surface area contributed by atoms with Crippen LogP contribution in [-0.2, 0) is 6.54 Å². The van der Waals surface area contributed by atoms with Gasteiger partial charge in [-0.1, -0.05) is 15.9 Å². The van der Waals surface area contributed by atoms with Gasteiger partial charge in [-0.05, 0) is 42.8 Å². The van der Waals surface area contributed by atoms with Gasteiger partial charge in [0.2, 0.25) is 0 Å². The number of carbonyl (C=O) groups excluding carboxylic acids is 1. The van der Waals surface area contributed by atoms with Crippen molar-refractivity contribution in [2.45, 2.75) is 13.5 Å². The van der Waals surface area contributed by atoms with Gasteiger partial charge in [0.15, 0.2) is 11.7 Å². The molecular weight excluding hydrogens is 415 g/mol. The van der Waals surface area contributed by atoms with Gasteiger partial charge in [0.1, 0.15) is 5.82 Å². The minimum atomic E-state index is -0.279. The Balaban J connectivity index is 1.64. The molecule has 2 heterocycles. The first kappa shape index (κ1) is 19.4. The Labute approximate surface area is 166 Å². The van der Waals surface area contributed by atoms with Gasteiger partial charge < -0.3 is 19.5 Å². The summed E-state index contributed by atoms with van der Waals surface area (Å²) in [7, 11) is 0. The molecule has 0 radical (unpaired) electrons. The van der Waals surface area contributed by atoms with Gasteiger partial charge in [-0.15, -0.1) is 0 Å². The summed E-state index contributed by atoms with van der Waals surface area (Å²) in [6, 6.07) is 7.97. The van der Waals surface area contributed by atoms with Crippen LogP contribution in [0.4, 0.5) is 4.39 Å². The third kappa shape index (κ3) is 4.88. The Hall–Kier alpha value is -2.35. The first-order chi connectivity index (χ1) is 13.1. The molecule has 2 aromatic rings. The predicted octanol–water partition coefficient (Wildman–Crippen LogP) is 3.10. The number of amides is 1. The SMILES string of the molecule is CCNC(=NCc1cc(F)ccc1Br)N1CCN(C(=O)c2ccco2)CC1. The van der Waals surface area contributed by atoms with Crippen LogP contribution in [0.2, 0.25) is 0 Å². The van der Waals surface area contributed by atoms with Crippen LogP contribution in [-0.4, -0.2) is 54.4 Å². The maximum absolute atomic E-state index is 13.5. The number of furan rings is 1. The standard InChI is InChI=1S/C19H22BrFN4O2/c1-2-22-19(23-13-14-12-15(21)5-6-16(14)20)25-9-7-24(8-10-25)18(26)17-4-3-11-27-17/h3-6,11-12H,2,7-10,13H2,1H3,(H,22,23). The zero-order valence-corrected chi connectivity index (χ0v) is 16.7. The third-order valence-electron chi connectivity index (χ3n) is 4.34. The molecule has 1 fully saturated rings. The van der Waals surface area contributed by atoms with E-state index in [-0.39, 0.29) is 11.7 Å². The van der Waals surface area contributed by atoms with Crippen molar-refractivity contribution in [3.63, 3.8) is 0 Å². The number of nitrogens with zero attached hydrogens (tertiary/aromatic N) is 3. The lowest BCUT2D eigenvalue weighted by molar-refractivity contribution is 0.0657. The molecule has 1 N–H and O–H groups in total. The van der Waals surface area contributed by atoms with E-state index in [0.717, 1.165) is 22.5 Å². The Morgan fingerprint density at radius 3 is 2.67 bits per heavy atom. The fourth-order valence-electron chi connectivity index (χ4n) is 2.93. The molecule has 1 saturated heterocycles. The topological polar surface area (TPSA) is 61.1 Å². The molecule has 1 aliphatic heterocycles. The molecule has 27 heavy (non-hydrogen) atoms. The molecule has 0 bridgehead atoms. The Morgan fingerprint density at radius 2 is 2.00 bits per heavy atom. The molecule has 0 saturated carbocycles. The molecule has 1 aromatic heterocycles. The number of guanidine groups is 1. The van der Waals surface area contributed by atoms with Crippen molar-refractivity contribution < 1.29 is 13.6 Å². The number of aliphatic imine (C=N–C) groups is 1. The molecule has 8 heteroatoms. The summed E-state index contributed by atoms with van der Waals surface area (Å²) < 4.78 is 19.5. The van der Waals surface area contributed by atoms with Crippen molar-refractivity contribution >= 4 is 27.8 Å². The number of carbonyl (C=O) groups is 1. The van der Waals surface area contributed by atoms with Crippen molar-refractivity contribution in [2.24, 2.45) is 4.99 Å². The van der Waals surface area contributed by atoms with Crippen LogP contribution in [0.5, 0.6) is 0 Å². The second-order valence-electron chi connectivity index (χ2n) is 6.16. The van der Waals surface area contributed by atoms with E-state index >= 15 is 0 Å². The normalized spacial score (nSPS) is 15.1. The Bertz CT molecular complexity index is 802. The molecule has 3 rings (SSSR count). The highest BCUT2D eigenvalue weighted by Gasteiger charge is 2.25. The molecule has 1 aromatic carbocycles. The first-order valence-electron chi connectivity index (χ1n) is 8.88. The monoisotopic (exact) mass is 436 g/mol. The van der Waals surface area contributed by atoms with Crippen molar-refractivity contribution in [3.05, 3.63) is 58.2 Å². The quantitative estimate of drug-likeness (QED) is 0.590. The number of piperazine rings is 1. The summed E-state index contributed by atoms with van der Waals surface area (Å²) in [5.74, 6) is 0.752. The zero-order valence-electron chi connectivity index (χ0n) is 15.1. The van der Waals surface area contributed by atoms with Crippen LogP contribution in [0.3, 0.4) is 0 Å². The highest BCUT2D eigenvalue weighted by Crippen LogP contribution is 2.19. The summed E-state index contributed by atoms with van der Waals surface area (Å²) in [5.41, 5.74) is 0.789. The van der Waals surface area contributed by atoms with E-state index < -0.39 is 0 Å². The molecule has 6 nitrogen and oxygen atoms in total. The van der Waals surface area contributed by atoms with Crippen LogP contribution in [0, 0.1) is 5.82 Å². The van der Waals surface area contributed by atoms with Crippen LogP contribution in [0.15, 0.2) is 50.5 Å². The minimum Gasteiger partial charge on any atom is -0.459 e. The molecule has 0 unspecified atom stereocenters. The van der Waals surface area contributed by atoms with Gasteiger partial charge in [-0.3, -0.25) is 4.79 Å². The average Bonchev–Trinajstić information content (AvgIpc) is 3.22. The maximum Gasteiger partial charge on any atom is 0.289 e. The molecular formula is C19H22BrFN4O2. The third-order valence-corrected chi connectivity index (χ3v) is 5.11. The largest absolute Gasteiger partial charge is 0.459 e. The van der Waals surface area contributed by atoms with Gasteiger partial charge in [0, 0.05) is 37.2 Å². The predicted molar refractivity (Wildman–Crippen MR) is 105 cm³/mol. The van der Waals surface area contributed by atoms with E-state index in [0.29, 0.717) is 38.5 Å². The first-order valence-corrected chi connectivity index (χ1v) is 9.67. The minimum absolute atomic E-state index is 0.0923. The molecule has 0 spiro atoms. The fourth-order valence-corrected chi connectivity index (χ4v) is 3.30. The van der Waals surface area contributed by atoms with Crippen molar-refractivity contribution in [2.75, 3.05) is 32.7 Å². The van der Waals surface area contributed by atoms with Crippen molar-refractivity contribution in [1.82, 2.24) is 15.1 Å². The summed E-state index contributed by atoms with van der Waals surface area (Å²) >= 11 is 3.44. The van der Waals surface area contributed by atoms with Gasteiger partial charge >= 0.3 is 0 Å². The van der Waals surface area contributed by atoms with Crippen LogP contribution in [0.25, 0.3) is 0 Å². The number of nitrogens with one attached hydrogen (secondary N) is 1. The van der Waals surface area contributed by atoms with E-state index in [1.165, 1.54) is 18.4 Å². The molecule has 0 aliphatic carbocycles. The lowest BCUT2D eigenvalue weighted by Crippen LogP contribution is -2.53. The average molecular weight is 437 g/mol. The van der Waals surface area contributed by atoms with Crippen LogP contribution in [0.1, 0.15) is 23.0 Å². The highest BCUT2D eigenvalue weighted by molar-refractivity contribution is 9.10. The number of hydrogen-bond acceptors (Lipinski definition) is 3. The van der Waals surface area contributed by atoms with Gasteiger partial charge in [0.05, 0.1) is 12.8 Å². The molecule has 1 aliphatic rings. The van der Waals surface area contributed by atoms with E-state index in [4.69, 9.17) is 4.42 Å². The van der Waals surface area contributed by atoms with E-state index in [9.17, 15) is 9.18 Å². The summed E-state index contributed by atoms with van der Waals surface area (Å²) in [6.45, 7) is 5.62. The number of halogens is 2. The van der Waals surface area contributed by atoms with Gasteiger partial charge in [0.25, 0.3) is 5.91 Å². The fraction of sp³-hybridized carbons (Fsp3) is 0.368. The molecule has 144 valence electrons. The Morgan fingerprint density at radius 1 is 1.26 bits per heavy atom. The number of hydrogen-bond donors (Lipinski definition) is 1. The maximum atomic E-state index is 13.5. The lowest BCUT2D eigenvalue weighted by Gasteiger charge is -2.36. The van der Waals surface area contributed by atoms with Gasteiger partial charge in [-0.2, -0.15) is 0 Å². The zero-order chi connectivity index (χ0) is 19.2. The van der Waals surface area contributed by atoms with E-state index in [1.54, 1.807) is 23.1 Å². The molecule has 1 amide bonds. The second kappa shape index (κ2) is 9.03. The van der Waals surface area contributed by atoms with Crippen molar-refractivity contribution in [3.8, 4) is 0 Å². The highest BCUT2D eigenvalue weighted by atomic mass is 79.9. The summed E-state index contributed by atoms with van der Waals surface area (Å²) in [5, 5.41) is 3.27. The van der Waals surface area contributed by atoms with Crippen molar-refractivity contribution in [1.29, 1.82) is 0 Å². The Kier molecular flexibility index (Phi) is 6.49. The number of rotatable bonds is 4. The second-order valence-corrected chi connectivity index (χ2v) is 7.02. The summed E-state index contributed by atoms with van der Waals surface area (Å²) in [4.78, 5) is 20.9. The van der Waals surface area contributed by atoms with Crippen LogP contribution < -0.4 is 5.32 Å². The smallest absolute Gasteiger partial charge is 0.289 e. The van der Waals surface area contributed by atoms with E-state index in [2.05, 4.69) is 31.1 Å². The summed E-state index contributed by atoms with van der Waals surface area (Å²) in [6.07, 6.45) is 1.50. The van der Waals surface area contributed by atoms with Crippen LogP contribution >= 0.6 is 15.9 Å². The lowest BCUT2D eigenvalue weighted by atomic mass is 10.2.